The molecule has 1 fully saturated rings. The van der Waals surface area contributed by atoms with Crippen molar-refractivity contribution in [1.82, 2.24) is 4.31 Å². The van der Waals surface area contributed by atoms with Crippen LogP contribution in [0.4, 0.5) is 5.69 Å². The van der Waals surface area contributed by atoms with Crippen LogP contribution in [0.2, 0.25) is 0 Å². The van der Waals surface area contributed by atoms with Crippen LogP contribution in [0.5, 0.6) is 11.5 Å². The molecule has 1 aliphatic heterocycles. The predicted octanol–water partition coefficient (Wildman–Crippen LogP) is 3.67. The molecule has 1 N–H and O–H groups in total. The number of methoxy groups -OCH3 is 1. The number of carbonyl (C=O) groups excluding carboxylic acids is 1. The van der Waals surface area contributed by atoms with Crippen LogP contribution in [0, 0.1) is 0 Å². The molecule has 7 nitrogen and oxygen atoms in total. The van der Waals surface area contributed by atoms with E-state index in [1.165, 1.54) is 10.4 Å². The minimum Gasteiger partial charge on any atom is -0.497 e. The number of amides is 1. The Hall–Kier alpha value is -2.58. The lowest BCUT2D eigenvalue weighted by Gasteiger charge is -2.20. The van der Waals surface area contributed by atoms with Crippen molar-refractivity contribution in [3.05, 3.63) is 48.5 Å². The Bertz CT molecular complexity index is 952. The van der Waals surface area contributed by atoms with E-state index in [1.807, 2.05) is 0 Å². The van der Waals surface area contributed by atoms with Gasteiger partial charge in [-0.3, -0.25) is 4.79 Å². The van der Waals surface area contributed by atoms with Crippen molar-refractivity contribution in [2.75, 3.05) is 25.5 Å². The van der Waals surface area contributed by atoms with E-state index in [0.29, 0.717) is 30.3 Å². The third-order valence-electron chi connectivity index (χ3n) is 5.05. The minimum atomic E-state index is -3.58. The van der Waals surface area contributed by atoms with Crippen molar-refractivity contribution in [3.63, 3.8) is 0 Å². The minimum absolute atomic E-state index is 0.186. The van der Waals surface area contributed by atoms with Gasteiger partial charge in [0, 0.05) is 18.8 Å². The Morgan fingerprint density at radius 3 is 2.27 bits per heavy atom. The van der Waals surface area contributed by atoms with Crippen LogP contribution < -0.4 is 14.8 Å². The van der Waals surface area contributed by atoms with E-state index in [2.05, 4.69) is 5.32 Å². The Morgan fingerprint density at radius 2 is 1.63 bits per heavy atom. The van der Waals surface area contributed by atoms with Gasteiger partial charge in [-0.25, -0.2) is 8.42 Å². The molecule has 30 heavy (non-hydrogen) atoms. The summed E-state index contributed by atoms with van der Waals surface area (Å²) in [6.07, 6.45) is 3.08. The first-order chi connectivity index (χ1) is 14.4. The highest BCUT2D eigenvalue weighted by Gasteiger charge is 2.25. The fraction of sp³-hybridized carbons (Fsp3) is 0.409. The molecule has 0 bridgehead atoms. The van der Waals surface area contributed by atoms with Gasteiger partial charge in [0.15, 0.2) is 6.10 Å². The SMILES string of the molecule is COc1ccc(O[C@H](C)C(=O)Nc2cccc(S(=O)(=O)N3CCCCCC3)c2)cc1. The van der Waals surface area contributed by atoms with Gasteiger partial charge in [-0.1, -0.05) is 18.9 Å². The summed E-state index contributed by atoms with van der Waals surface area (Å²) in [6, 6.07) is 13.3. The zero-order valence-corrected chi connectivity index (χ0v) is 18.2. The second-order valence-corrected chi connectivity index (χ2v) is 9.21. The summed E-state index contributed by atoms with van der Waals surface area (Å²) in [6.45, 7) is 2.70. The number of ether oxygens (including phenoxy) is 2. The van der Waals surface area contributed by atoms with Gasteiger partial charge in [-0.2, -0.15) is 4.31 Å². The standard InChI is InChI=1S/C22H28N2O5S/c1-17(29-20-12-10-19(28-2)11-13-20)22(25)23-18-8-7-9-21(16-18)30(26,27)24-14-5-3-4-6-15-24/h7-13,16-17H,3-6,14-15H2,1-2H3,(H,23,25)/t17-/m1/s1. The zero-order valence-electron chi connectivity index (χ0n) is 17.3. The molecule has 8 heteroatoms. The number of nitrogens with one attached hydrogen (secondary N) is 1. The second-order valence-electron chi connectivity index (χ2n) is 7.27. The summed E-state index contributed by atoms with van der Waals surface area (Å²) in [5.41, 5.74) is 0.418. The normalized spacial score (nSPS) is 16.3. The summed E-state index contributed by atoms with van der Waals surface area (Å²) in [7, 11) is -2.00. The van der Waals surface area contributed by atoms with Gasteiger partial charge in [0.1, 0.15) is 11.5 Å². The largest absolute Gasteiger partial charge is 0.497 e. The van der Waals surface area contributed by atoms with Crippen molar-refractivity contribution >= 4 is 21.6 Å². The quantitative estimate of drug-likeness (QED) is 0.722. The smallest absolute Gasteiger partial charge is 0.265 e. The molecule has 0 saturated carbocycles. The van der Waals surface area contributed by atoms with E-state index >= 15 is 0 Å². The lowest BCUT2D eigenvalue weighted by Crippen LogP contribution is -2.32. The van der Waals surface area contributed by atoms with Gasteiger partial charge in [0.25, 0.3) is 5.91 Å². The third kappa shape index (κ3) is 5.52. The summed E-state index contributed by atoms with van der Waals surface area (Å²) >= 11 is 0. The highest BCUT2D eigenvalue weighted by Crippen LogP contribution is 2.23. The van der Waals surface area contributed by atoms with E-state index in [4.69, 9.17) is 9.47 Å². The maximum Gasteiger partial charge on any atom is 0.265 e. The van der Waals surface area contributed by atoms with Gasteiger partial charge >= 0.3 is 0 Å². The maximum absolute atomic E-state index is 13.0. The molecule has 0 aliphatic carbocycles. The molecular weight excluding hydrogens is 404 g/mol. The molecule has 0 spiro atoms. The summed E-state index contributed by atoms with van der Waals surface area (Å²) in [5.74, 6) is 0.868. The number of hydrogen-bond acceptors (Lipinski definition) is 5. The molecule has 1 atom stereocenters. The van der Waals surface area contributed by atoms with Gasteiger partial charge < -0.3 is 14.8 Å². The fourth-order valence-corrected chi connectivity index (χ4v) is 4.88. The van der Waals surface area contributed by atoms with Crippen molar-refractivity contribution in [3.8, 4) is 11.5 Å². The molecule has 1 aliphatic rings. The number of benzene rings is 2. The molecule has 1 amide bonds. The monoisotopic (exact) mass is 432 g/mol. The second kappa shape index (κ2) is 9.95. The topological polar surface area (TPSA) is 84.9 Å². The van der Waals surface area contributed by atoms with Crippen molar-refractivity contribution in [2.24, 2.45) is 0 Å². The number of anilines is 1. The van der Waals surface area contributed by atoms with Crippen LogP contribution in [-0.2, 0) is 14.8 Å². The van der Waals surface area contributed by atoms with Crippen LogP contribution in [0.1, 0.15) is 32.6 Å². The average Bonchev–Trinajstić information content (AvgIpc) is 3.04. The molecule has 2 aromatic rings. The Morgan fingerprint density at radius 1 is 1.00 bits per heavy atom. The lowest BCUT2D eigenvalue weighted by molar-refractivity contribution is -0.122. The summed E-state index contributed by atoms with van der Waals surface area (Å²) in [4.78, 5) is 12.7. The van der Waals surface area contributed by atoms with Crippen molar-refractivity contribution in [2.45, 2.75) is 43.6 Å². The Labute approximate surface area is 178 Å². The molecule has 3 rings (SSSR count). The molecule has 0 unspecified atom stereocenters. The van der Waals surface area contributed by atoms with E-state index in [1.54, 1.807) is 56.5 Å². The molecule has 1 heterocycles. The maximum atomic E-state index is 13.0. The van der Waals surface area contributed by atoms with Gasteiger partial charge in [0.05, 0.1) is 12.0 Å². The molecular formula is C22H28N2O5S. The van der Waals surface area contributed by atoms with Gasteiger partial charge in [0.2, 0.25) is 10.0 Å². The van der Waals surface area contributed by atoms with Crippen molar-refractivity contribution in [1.29, 1.82) is 0 Å². The van der Waals surface area contributed by atoms with Crippen LogP contribution >= 0.6 is 0 Å². The number of rotatable bonds is 7. The first kappa shape index (κ1) is 22.1. The number of hydrogen-bond donors (Lipinski definition) is 1. The predicted molar refractivity (Wildman–Crippen MR) is 115 cm³/mol. The van der Waals surface area contributed by atoms with E-state index in [9.17, 15) is 13.2 Å². The average molecular weight is 433 g/mol. The first-order valence-corrected chi connectivity index (χ1v) is 11.6. The zero-order chi connectivity index (χ0) is 21.6. The molecule has 1 saturated heterocycles. The molecule has 0 radical (unpaired) electrons. The summed E-state index contributed by atoms with van der Waals surface area (Å²) in [5, 5.41) is 2.74. The van der Waals surface area contributed by atoms with E-state index < -0.39 is 16.1 Å². The molecule has 0 aromatic heterocycles. The number of carbonyl (C=O) groups is 1. The van der Waals surface area contributed by atoms with Crippen LogP contribution in [0.25, 0.3) is 0 Å². The van der Waals surface area contributed by atoms with Crippen LogP contribution in [0.15, 0.2) is 53.4 Å². The summed E-state index contributed by atoms with van der Waals surface area (Å²) < 4.78 is 38.3. The van der Waals surface area contributed by atoms with Crippen molar-refractivity contribution < 1.29 is 22.7 Å². The van der Waals surface area contributed by atoms with E-state index in [-0.39, 0.29) is 10.8 Å². The number of nitrogens with zero attached hydrogens (tertiary/aromatic N) is 1. The van der Waals surface area contributed by atoms with Crippen LogP contribution in [-0.4, -0.2) is 44.9 Å². The molecule has 162 valence electrons. The van der Waals surface area contributed by atoms with Crippen LogP contribution in [0.3, 0.4) is 0 Å². The Kier molecular flexibility index (Phi) is 7.33. The highest BCUT2D eigenvalue weighted by molar-refractivity contribution is 7.89. The Balaban J connectivity index is 1.66. The third-order valence-corrected chi connectivity index (χ3v) is 6.94. The number of sulfonamides is 1. The molecule has 2 aromatic carbocycles. The lowest BCUT2D eigenvalue weighted by atomic mass is 10.2. The fourth-order valence-electron chi connectivity index (χ4n) is 3.32. The van der Waals surface area contributed by atoms with E-state index in [0.717, 1.165) is 25.7 Å². The van der Waals surface area contributed by atoms with Gasteiger partial charge in [-0.05, 0) is 62.2 Å². The first-order valence-electron chi connectivity index (χ1n) is 10.1. The van der Waals surface area contributed by atoms with Gasteiger partial charge in [-0.15, -0.1) is 0 Å². The highest BCUT2D eigenvalue weighted by atomic mass is 32.2.